The fourth-order valence-electron chi connectivity index (χ4n) is 1.32. The highest BCUT2D eigenvalue weighted by atomic mass is 32.2. The third-order valence-corrected chi connectivity index (χ3v) is 3.33. The standard InChI is InChI=1S/C10H21NO3S/c1-8(15-6-4-5-12)7-10(2,11)9(13)14-3/h8,12H,4-7,11H2,1-3H3. The van der Waals surface area contributed by atoms with Crippen molar-refractivity contribution in [2.24, 2.45) is 5.73 Å². The molecule has 0 bridgehead atoms. The fourth-order valence-corrected chi connectivity index (χ4v) is 2.48. The van der Waals surface area contributed by atoms with Crippen LogP contribution in [0.1, 0.15) is 26.7 Å². The van der Waals surface area contributed by atoms with Gasteiger partial charge in [-0.25, -0.2) is 0 Å². The van der Waals surface area contributed by atoms with Crippen molar-refractivity contribution in [2.45, 2.75) is 37.5 Å². The molecule has 0 aliphatic rings. The SMILES string of the molecule is COC(=O)C(C)(N)CC(C)SCCCO. The van der Waals surface area contributed by atoms with E-state index in [1.165, 1.54) is 7.11 Å². The molecule has 0 spiro atoms. The van der Waals surface area contributed by atoms with Crippen LogP contribution in [0.5, 0.6) is 0 Å². The summed E-state index contributed by atoms with van der Waals surface area (Å²) in [6.07, 6.45) is 1.35. The van der Waals surface area contributed by atoms with Crippen LogP contribution in [0.4, 0.5) is 0 Å². The minimum Gasteiger partial charge on any atom is -0.468 e. The molecule has 0 rings (SSSR count). The zero-order valence-corrected chi connectivity index (χ0v) is 10.5. The van der Waals surface area contributed by atoms with Crippen molar-refractivity contribution in [3.63, 3.8) is 0 Å². The Labute approximate surface area is 95.6 Å². The van der Waals surface area contributed by atoms with E-state index in [9.17, 15) is 4.79 Å². The van der Waals surface area contributed by atoms with Crippen LogP contribution >= 0.6 is 11.8 Å². The second-order valence-corrected chi connectivity index (χ2v) is 5.42. The van der Waals surface area contributed by atoms with Crippen molar-refractivity contribution in [3.05, 3.63) is 0 Å². The first-order valence-electron chi connectivity index (χ1n) is 5.03. The minimum atomic E-state index is -0.916. The number of methoxy groups -OCH3 is 1. The summed E-state index contributed by atoms with van der Waals surface area (Å²) in [7, 11) is 1.34. The van der Waals surface area contributed by atoms with Gasteiger partial charge in [-0.2, -0.15) is 11.8 Å². The molecule has 3 N–H and O–H groups in total. The lowest BCUT2D eigenvalue weighted by molar-refractivity contribution is -0.146. The lowest BCUT2D eigenvalue weighted by Crippen LogP contribution is -2.47. The van der Waals surface area contributed by atoms with Crippen molar-refractivity contribution in [1.29, 1.82) is 0 Å². The van der Waals surface area contributed by atoms with Gasteiger partial charge in [-0.3, -0.25) is 4.79 Å². The number of carbonyl (C=O) groups excluding carboxylic acids is 1. The topological polar surface area (TPSA) is 72.5 Å². The number of rotatable bonds is 7. The second-order valence-electron chi connectivity index (χ2n) is 3.87. The van der Waals surface area contributed by atoms with Gasteiger partial charge in [-0.05, 0) is 25.5 Å². The monoisotopic (exact) mass is 235 g/mol. The van der Waals surface area contributed by atoms with Gasteiger partial charge < -0.3 is 15.6 Å². The number of aliphatic hydroxyl groups excluding tert-OH is 1. The largest absolute Gasteiger partial charge is 0.468 e. The molecule has 90 valence electrons. The Morgan fingerprint density at radius 1 is 1.67 bits per heavy atom. The molecule has 0 fully saturated rings. The Morgan fingerprint density at radius 2 is 2.27 bits per heavy atom. The minimum absolute atomic E-state index is 0.205. The van der Waals surface area contributed by atoms with E-state index in [1.807, 2.05) is 6.92 Å². The number of nitrogens with two attached hydrogens (primary N) is 1. The number of thioether (sulfide) groups is 1. The molecule has 0 saturated carbocycles. The summed E-state index contributed by atoms with van der Waals surface area (Å²) in [4.78, 5) is 11.3. The summed E-state index contributed by atoms with van der Waals surface area (Å²) in [5, 5.41) is 8.91. The molecule has 0 aliphatic heterocycles. The van der Waals surface area contributed by atoms with Crippen LogP contribution in [0.3, 0.4) is 0 Å². The van der Waals surface area contributed by atoms with Crippen LogP contribution in [0.15, 0.2) is 0 Å². The van der Waals surface area contributed by atoms with Crippen LogP contribution in [-0.4, -0.2) is 41.3 Å². The fraction of sp³-hybridized carbons (Fsp3) is 0.900. The highest BCUT2D eigenvalue weighted by Gasteiger charge is 2.31. The van der Waals surface area contributed by atoms with Crippen molar-refractivity contribution >= 4 is 17.7 Å². The molecule has 0 aromatic rings. The maximum absolute atomic E-state index is 11.3. The first kappa shape index (κ1) is 14.7. The number of hydrogen-bond acceptors (Lipinski definition) is 5. The second kappa shape index (κ2) is 7.09. The van der Waals surface area contributed by atoms with E-state index in [2.05, 4.69) is 4.74 Å². The van der Waals surface area contributed by atoms with Gasteiger partial charge in [-0.1, -0.05) is 6.92 Å². The molecule has 0 aromatic heterocycles. The summed E-state index contributed by atoms with van der Waals surface area (Å²) in [6.45, 7) is 3.91. The third-order valence-electron chi connectivity index (χ3n) is 2.07. The van der Waals surface area contributed by atoms with E-state index >= 15 is 0 Å². The van der Waals surface area contributed by atoms with Crippen LogP contribution in [0.2, 0.25) is 0 Å². The highest BCUT2D eigenvalue weighted by Crippen LogP contribution is 2.21. The number of carbonyl (C=O) groups is 1. The van der Waals surface area contributed by atoms with E-state index < -0.39 is 5.54 Å². The Hall–Kier alpha value is -0.260. The van der Waals surface area contributed by atoms with Crippen molar-refractivity contribution in [2.75, 3.05) is 19.5 Å². The molecular formula is C10H21NO3S. The molecule has 4 nitrogen and oxygen atoms in total. The molecule has 5 heteroatoms. The maximum Gasteiger partial charge on any atom is 0.325 e. The van der Waals surface area contributed by atoms with Gasteiger partial charge >= 0.3 is 5.97 Å². The molecular weight excluding hydrogens is 214 g/mol. The lowest BCUT2D eigenvalue weighted by Gasteiger charge is -2.24. The van der Waals surface area contributed by atoms with Gasteiger partial charge in [0, 0.05) is 11.9 Å². The van der Waals surface area contributed by atoms with Crippen LogP contribution < -0.4 is 5.73 Å². The average Bonchev–Trinajstić information content (AvgIpc) is 2.16. The number of esters is 1. The number of aliphatic hydroxyl groups is 1. The van der Waals surface area contributed by atoms with Crippen LogP contribution in [0, 0.1) is 0 Å². The molecule has 2 unspecified atom stereocenters. The summed E-state index contributed by atoms with van der Waals surface area (Å²) < 4.78 is 4.63. The average molecular weight is 235 g/mol. The maximum atomic E-state index is 11.3. The molecule has 0 aromatic carbocycles. The Balaban J connectivity index is 3.93. The summed E-state index contributed by atoms with van der Waals surface area (Å²) in [5.74, 6) is 0.506. The molecule has 15 heavy (non-hydrogen) atoms. The van der Waals surface area contributed by atoms with Gasteiger partial charge in [0.2, 0.25) is 0 Å². The molecule has 0 saturated heterocycles. The van der Waals surface area contributed by atoms with Gasteiger partial charge in [0.25, 0.3) is 0 Å². The van der Waals surface area contributed by atoms with E-state index in [4.69, 9.17) is 10.8 Å². The predicted octanol–water partition coefficient (Wildman–Crippen LogP) is 0.771. The summed E-state index contributed by atoms with van der Waals surface area (Å²) in [6, 6.07) is 0. The first-order valence-corrected chi connectivity index (χ1v) is 6.08. The van der Waals surface area contributed by atoms with E-state index in [0.717, 1.165) is 12.2 Å². The van der Waals surface area contributed by atoms with Crippen LogP contribution in [0.25, 0.3) is 0 Å². The summed E-state index contributed by atoms with van der Waals surface area (Å²) >= 11 is 1.71. The lowest BCUT2D eigenvalue weighted by atomic mass is 9.98. The predicted molar refractivity (Wildman–Crippen MR) is 62.8 cm³/mol. The van der Waals surface area contributed by atoms with E-state index in [-0.39, 0.29) is 17.8 Å². The Bertz CT molecular complexity index is 197. The normalized spacial score (nSPS) is 16.9. The zero-order valence-electron chi connectivity index (χ0n) is 9.66. The quantitative estimate of drug-likeness (QED) is 0.504. The van der Waals surface area contributed by atoms with Gasteiger partial charge in [-0.15, -0.1) is 0 Å². The highest BCUT2D eigenvalue weighted by molar-refractivity contribution is 7.99. The number of ether oxygens (including phenoxy) is 1. The Kier molecular flexibility index (Phi) is 6.96. The van der Waals surface area contributed by atoms with Gasteiger partial charge in [0.15, 0.2) is 0 Å². The van der Waals surface area contributed by atoms with E-state index in [0.29, 0.717) is 6.42 Å². The van der Waals surface area contributed by atoms with Crippen molar-refractivity contribution in [1.82, 2.24) is 0 Å². The van der Waals surface area contributed by atoms with Crippen LogP contribution in [-0.2, 0) is 9.53 Å². The van der Waals surface area contributed by atoms with E-state index in [1.54, 1.807) is 18.7 Å². The molecule has 0 amide bonds. The number of hydrogen-bond donors (Lipinski definition) is 2. The zero-order chi connectivity index (χ0) is 11.9. The smallest absolute Gasteiger partial charge is 0.325 e. The van der Waals surface area contributed by atoms with Gasteiger partial charge in [0.05, 0.1) is 7.11 Å². The van der Waals surface area contributed by atoms with Crippen molar-refractivity contribution < 1.29 is 14.6 Å². The van der Waals surface area contributed by atoms with Gasteiger partial charge in [0.1, 0.15) is 5.54 Å². The van der Waals surface area contributed by atoms with Crippen molar-refractivity contribution in [3.8, 4) is 0 Å². The Morgan fingerprint density at radius 3 is 2.73 bits per heavy atom. The molecule has 0 aliphatic carbocycles. The third kappa shape index (κ3) is 6.02. The summed E-state index contributed by atoms with van der Waals surface area (Å²) in [5.41, 5.74) is 4.92. The molecule has 0 radical (unpaired) electrons. The molecule has 2 atom stereocenters. The first-order chi connectivity index (χ1) is 6.94. The molecule has 0 heterocycles.